The van der Waals surface area contributed by atoms with Gasteiger partial charge in [0.15, 0.2) is 12.4 Å². The summed E-state index contributed by atoms with van der Waals surface area (Å²) in [6.07, 6.45) is 39.5. The van der Waals surface area contributed by atoms with E-state index in [1.807, 2.05) is 33.3 Å². The van der Waals surface area contributed by atoms with E-state index < -0.39 is 30.3 Å². The predicted octanol–water partition coefficient (Wildman–Crippen LogP) is 8.66. The Bertz CT molecular complexity index is 1100. The van der Waals surface area contributed by atoms with E-state index in [1.165, 1.54) is 25.7 Å². The SMILES string of the molecule is CC/C=C\C/C=C\C/C=C\C/C=C\CCC(=O)OC(COC(=O)CCCCCCC/C=C\C/C=C\CCCCC)COC(OCC[N+](C)(C)C)C(=O)[O-]. The van der Waals surface area contributed by atoms with Gasteiger partial charge in [0.2, 0.25) is 0 Å². The number of ether oxygens (including phenoxy) is 4. The molecule has 0 aromatic rings. The minimum atomic E-state index is -1.64. The van der Waals surface area contributed by atoms with E-state index in [2.05, 4.69) is 74.6 Å². The van der Waals surface area contributed by atoms with Crippen molar-refractivity contribution >= 4 is 17.9 Å². The summed E-state index contributed by atoms with van der Waals surface area (Å²) in [6, 6.07) is 0. The van der Waals surface area contributed by atoms with E-state index in [9.17, 15) is 19.5 Å². The van der Waals surface area contributed by atoms with E-state index in [1.54, 1.807) is 0 Å². The Morgan fingerprint density at radius 2 is 1.11 bits per heavy atom. The van der Waals surface area contributed by atoms with Gasteiger partial charge in [0.05, 0.1) is 40.3 Å². The number of hydrogen-bond donors (Lipinski definition) is 0. The molecule has 0 fully saturated rings. The number of carboxylic acid groups (broad SMARTS) is 1. The van der Waals surface area contributed by atoms with Gasteiger partial charge in [-0.25, -0.2) is 0 Å². The smallest absolute Gasteiger partial charge is 0.306 e. The van der Waals surface area contributed by atoms with Gasteiger partial charge in [-0.2, -0.15) is 0 Å². The first-order chi connectivity index (χ1) is 25.6. The van der Waals surface area contributed by atoms with Crippen molar-refractivity contribution in [3.05, 3.63) is 72.9 Å². The molecule has 0 aliphatic rings. The molecule has 0 aromatic heterocycles. The van der Waals surface area contributed by atoms with E-state index in [4.69, 9.17) is 18.9 Å². The van der Waals surface area contributed by atoms with Crippen LogP contribution in [0.15, 0.2) is 72.9 Å². The van der Waals surface area contributed by atoms with Crippen molar-refractivity contribution in [1.82, 2.24) is 0 Å². The number of nitrogens with zero attached hydrogens (tertiary/aromatic N) is 1. The normalized spacial score (nSPS) is 13.8. The summed E-state index contributed by atoms with van der Waals surface area (Å²) < 4.78 is 22.3. The minimum Gasteiger partial charge on any atom is -0.545 e. The molecule has 0 saturated carbocycles. The van der Waals surface area contributed by atoms with Crippen LogP contribution in [-0.2, 0) is 33.3 Å². The van der Waals surface area contributed by atoms with Crippen molar-refractivity contribution in [1.29, 1.82) is 0 Å². The quantitative estimate of drug-likeness (QED) is 0.0209. The molecule has 9 heteroatoms. The molecule has 0 radical (unpaired) electrons. The Morgan fingerprint density at radius 3 is 1.68 bits per heavy atom. The highest BCUT2D eigenvalue weighted by Crippen LogP contribution is 2.10. The van der Waals surface area contributed by atoms with Crippen LogP contribution in [0.1, 0.15) is 129 Å². The van der Waals surface area contributed by atoms with Crippen molar-refractivity contribution in [3.8, 4) is 0 Å². The molecule has 2 atom stereocenters. The Kier molecular flexibility index (Phi) is 33.5. The molecule has 0 aliphatic carbocycles. The number of quaternary nitrogens is 1. The lowest BCUT2D eigenvalue weighted by Crippen LogP contribution is -2.44. The highest BCUT2D eigenvalue weighted by Gasteiger charge is 2.21. The van der Waals surface area contributed by atoms with Crippen molar-refractivity contribution in [2.24, 2.45) is 0 Å². The molecule has 0 bridgehead atoms. The first-order valence-corrected chi connectivity index (χ1v) is 20.1. The number of carbonyl (C=O) groups excluding carboxylic acids is 3. The van der Waals surface area contributed by atoms with Gasteiger partial charge in [0, 0.05) is 12.8 Å². The average Bonchev–Trinajstić information content (AvgIpc) is 3.11. The lowest BCUT2D eigenvalue weighted by atomic mass is 10.1. The van der Waals surface area contributed by atoms with Crippen molar-refractivity contribution in [2.45, 2.75) is 142 Å². The molecule has 9 nitrogen and oxygen atoms in total. The van der Waals surface area contributed by atoms with Crippen molar-refractivity contribution < 1.29 is 42.9 Å². The Labute approximate surface area is 322 Å². The predicted molar refractivity (Wildman–Crippen MR) is 214 cm³/mol. The molecule has 302 valence electrons. The van der Waals surface area contributed by atoms with Crippen LogP contribution in [0.5, 0.6) is 0 Å². The molecule has 0 spiro atoms. The Balaban J connectivity index is 4.65. The fourth-order valence-electron chi connectivity index (χ4n) is 4.81. The maximum absolute atomic E-state index is 12.6. The van der Waals surface area contributed by atoms with Gasteiger partial charge in [-0.1, -0.05) is 119 Å². The summed E-state index contributed by atoms with van der Waals surface area (Å²) in [4.78, 5) is 36.8. The zero-order valence-electron chi connectivity index (χ0n) is 33.9. The molecule has 0 rings (SSSR count). The summed E-state index contributed by atoms with van der Waals surface area (Å²) in [5.41, 5.74) is 0. The number of carbonyl (C=O) groups is 3. The number of esters is 2. The number of likely N-dealkylation sites (N-methyl/N-ethyl adjacent to an activating group) is 1. The van der Waals surface area contributed by atoms with E-state index >= 15 is 0 Å². The van der Waals surface area contributed by atoms with Crippen LogP contribution in [0.3, 0.4) is 0 Å². The average molecular weight is 744 g/mol. The second-order valence-electron chi connectivity index (χ2n) is 14.2. The van der Waals surface area contributed by atoms with Crippen molar-refractivity contribution in [3.63, 3.8) is 0 Å². The Hall–Kier alpha value is -3.27. The third-order valence-electron chi connectivity index (χ3n) is 7.95. The maximum Gasteiger partial charge on any atom is 0.306 e. The number of rotatable bonds is 35. The molecular weight excluding hydrogens is 670 g/mol. The largest absolute Gasteiger partial charge is 0.545 e. The second kappa shape index (κ2) is 35.7. The van der Waals surface area contributed by atoms with E-state index in [-0.39, 0.29) is 32.7 Å². The lowest BCUT2D eigenvalue weighted by Gasteiger charge is -2.26. The van der Waals surface area contributed by atoms with Gasteiger partial charge >= 0.3 is 11.9 Å². The zero-order valence-corrected chi connectivity index (χ0v) is 33.9. The molecular formula is C44H73NO8. The van der Waals surface area contributed by atoms with Crippen LogP contribution in [0, 0.1) is 0 Å². The molecule has 2 unspecified atom stereocenters. The number of unbranched alkanes of at least 4 members (excludes halogenated alkanes) is 8. The molecule has 0 N–H and O–H groups in total. The maximum atomic E-state index is 12.6. The number of carboxylic acids is 1. The number of allylic oxidation sites excluding steroid dienone is 12. The second-order valence-corrected chi connectivity index (χ2v) is 14.2. The first-order valence-electron chi connectivity index (χ1n) is 20.1. The highest BCUT2D eigenvalue weighted by molar-refractivity contribution is 5.70. The topological polar surface area (TPSA) is 111 Å². The van der Waals surface area contributed by atoms with E-state index in [0.717, 1.165) is 64.2 Å². The van der Waals surface area contributed by atoms with Crippen molar-refractivity contribution in [2.75, 3.05) is 47.5 Å². The first kappa shape index (κ1) is 49.7. The Morgan fingerprint density at radius 1 is 0.585 bits per heavy atom. The molecule has 0 saturated heterocycles. The standard InChI is InChI=1S/C44H73NO8/c1-6-8-10-12-14-16-18-20-21-23-24-26-28-30-32-34-41(46)51-38-40(39-52-44(43(48)49)50-37-36-45(3,4)5)53-42(47)35-33-31-29-27-25-22-19-17-15-13-11-9-7-2/h9,11,14-17,20-22,25,29,31,40,44H,6-8,10,12-13,18-19,23-24,26-28,30,32-39H2,1-5H3/b11-9-,16-14-,17-15-,21-20-,25-22-,31-29-. The van der Waals surface area contributed by atoms with Gasteiger partial charge in [-0.3, -0.25) is 9.59 Å². The fourth-order valence-corrected chi connectivity index (χ4v) is 4.81. The third-order valence-corrected chi connectivity index (χ3v) is 7.95. The third kappa shape index (κ3) is 36.9. The summed E-state index contributed by atoms with van der Waals surface area (Å²) in [6.45, 7) is 4.45. The van der Waals surface area contributed by atoms with Gasteiger partial charge in [-0.15, -0.1) is 0 Å². The molecule has 53 heavy (non-hydrogen) atoms. The van der Waals surface area contributed by atoms with Crippen LogP contribution in [0.25, 0.3) is 0 Å². The van der Waals surface area contributed by atoms with Crippen LogP contribution < -0.4 is 5.11 Å². The van der Waals surface area contributed by atoms with E-state index in [0.29, 0.717) is 23.9 Å². The number of aliphatic carboxylic acids is 1. The van der Waals surface area contributed by atoms with Gasteiger partial charge in [0.25, 0.3) is 0 Å². The van der Waals surface area contributed by atoms with Gasteiger partial charge in [0.1, 0.15) is 13.2 Å². The highest BCUT2D eigenvalue weighted by atomic mass is 16.7. The summed E-state index contributed by atoms with van der Waals surface area (Å²) in [7, 11) is 5.86. The van der Waals surface area contributed by atoms with Crippen LogP contribution in [-0.4, -0.2) is 82.3 Å². The molecule has 0 heterocycles. The van der Waals surface area contributed by atoms with Crippen LogP contribution in [0.2, 0.25) is 0 Å². The monoisotopic (exact) mass is 744 g/mol. The zero-order chi connectivity index (χ0) is 39.3. The number of hydrogen-bond acceptors (Lipinski definition) is 8. The molecule has 0 amide bonds. The van der Waals surface area contributed by atoms with Crippen LogP contribution in [0.4, 0.5) is 0 Å². The summed E-state index contributed by atoms with van der Waals surface area (Å²) in [5.74, 6) is -2.43. The molecule has 0 aliphatic heterocycles. The lowest BCUT2D eigenvalue weighted by molar-refractivity contribution is -0.870. The minimum absolute atomic E-state index is 0.120. The fraction of sp³-hybridized carbons (Fsp3) is 0.659. The van der Waals surface area contributed by atoms with Crippen LogP contribution >= 0.6 is 0 Å². The molecule has 0 aromatic carbocycles. The van der Waals surface area contributed by atoms with Gasteiger partial charge < -0.3 is 33.3 Å². The summed E-state index contributed by atoms with van der Waals surface area (Å²) >= 11 is 0. The van der Waals surface area contributed by atoms with Gasteiger partial charge in [-0.05, 0) is 70.6 Å². The summed E-state index contributed by atoms with van der Waals surface area (Å²) in [5, 5.41) is 11.6.